The normalized spacial score (nSPS) is 15.5. The van der Waals surface area contributed by atoms with Gasteiger partial charge in [-0.25, -0.2) is 0 Å². The lowest BCUT2D eigenvalue weighted by Gasteiger charge is -2.24. The van der Waals surface area contributed by atoms with Crippen molar-refractivity contribution < 1.29 is 9.59 Å². The molecule has 0 radical (unpaired) electrons. The van der Waals surface area contributed by atoms with Gasteiger partial charge in [0.05, 0.1) is 0 Å². The van der Waals surface area contributed by atoms with Gasteiger partial charge in [-0.15, -0.1) is 0 Å². The third-order valence-corrected chi connectivity index (χ3v) is 4.93. The molecule has 1 aliphatic heterocycles. The predicted molar refractivity (Wildman–Crippen MR) is 107 cm³/mol. The largest absolute Gasteiger partial charge is 0.337 e. The molecule has 0 saturated heterocycles. The van der Waals surface area contributed by atoms with Gasteiger partial charge in [0.1, 0.15) is 5.69 Å². The van der Waals surface area contributed by atoms with E-state index in [4.69, 9.17) is 0 Å². The first-order valence-electron chi connectivity index (χ1n) is 9.73. The number of rotatable bonds is 6. The molecule has 142 valence electrons. The van der Waals surface area contributed by atoms with Gasteiger partial charge < -0.3 is 9.80 Å². The van der Waals surface area contributed by atoms with E-state index < -0.39 is 0 Å². The molecule has 27 heavy (non-hydrogen) atoms. The number of nitrogens with zero attached hydrogens (tertiary/aromatic N) is 3. The van der Waals surface area contributed by atoms with Crippen molar-refractivity contribution in [2.75, 3.05) is 18.0 Å². The lowest BCUT2D eigenvalue weighted by Crippen LogP contribution is -2.36. The van der Waals surface area contributed by atoms with Gasteiger partial charge in [-0.2, -0.15) is 0 Å². The Hall–Kier alpha value is -2.69. The third kappa shape index (κ3) is 3.87. The van der Waals surface area contributed by atoms with Crippen LogP contribution in [0.5, 0.6) is 0 Å². The molecule has 1 atom stereocenters. The molecular weight excluding hydrogens is 338 g/mol. The monoisotopic (exact) mass is 365 g/mol. The van der Waals surface area contributed by atoms with Crippen LogP contribution in [0.1, 0.15) is 60.0 Å². The van der Waals surface area contributed by atoms with Gasteiger partial charge in [-0.1, -0.05) is 32.0 Å². The number of anilines is 1. The Labute approximate surface area is 161 Å². The summed E-state index contributed by atoms with van der Waals surface area (Å²) in [5, 5.41) is 0. The summed E-state index contributed by atoms with van der Waals surface area (Å²) in [5.74, 6) is -0.190. The molecule has 5 nitrogen and oxygen atoms in total. The van der Waals surface area contributed by atoms with Gasteiger partial charge in [-0.05, 0) is 49.9 Å². The van der Waals surface area contributed by atoms with Crippen LogP contribution in [-0.2, 0) is 6.42 Å². The first-order valence-corrected chi connectivity index (χ1v) is 9.73. The zero-order chi connectivity index (χ0) is 19.4. The molecule has 2 heterocycles. The van der Waals surface area contributed by atoms with E-state index in [1.807, 2.05) is 28.0 Å². The van der Waals surface area contributed by atoms with E-state index in [0.717, 1.165) is 24.9 Å². The van der Waals surface area contributed by atoms with E-state index in [2.05, 4.69) is 31.8 Å². The number of hydrogen-bond donors (Lipinski definition) is 0. The number of fused-ring (bicyclic) bond motifs is 1. The van der Waals surface area contributed by atoms with Crippen LogP contribution < -0.4 is 4.90 Å². The van der Waals surface area contributed by atoms with E-state index in [0.29, 0.717) is 24.3 Å². The van der Waals surface area contributed by atoms with Crippen LogP contribution in [0.4, 0.5) is 5.69 Å². The molecule has 1 aliphatic rings. The SMILES string of the molecule is CCCN(CCC)C(=O)c1cc(C(=O)N2c3ccccc3CC2C)ccn1. The highest BCUT2D eigenvalue weighted by Gasteiger charge is 2.31. The van der Waals surface area contributed by atoms with Crippen LogP contribution in [0, 0.1) is 0 Å². The molecule has 0 N–H and O–H groups in total. The molecule has 2 aromatic rings. The molecule has 1 aromatic heterocycles. The summed E-state index contributed by atoms with van der Waals surface area (Å²) in [6.45, 7) is 7.55. The Morgan fingerprint density at radius 2 is 1.85 bits per heavy atom. The summed E-state index contributed by atoms with van der Waals surface area (Å²) < 4.78 is 0. The minimum atomic E-state index is -0.108. The predicted octanol–water partition coefficient (Wildman–Crippen LogP) is 3.94. The number of carbonyl (C=O) groups is 2. The van der Waals surface area contributed by atoms with Crippen molar-refractivity contribution in [3.05, 3.63) is 59.4 Å². The van der Waals surface area contributed by atoms with Crippen molar-refractivity contribution in [1.82, 2.24) is 9.88 Å². The lowest BCUT2D eigenvalue weighted by molar-refractivity contribution is 0.0749. The molecule has 5 heteroatoms. The number of para-hydroxylation sites is 1. The standard InChI is InChI=1S/C22H27N3O2/c1-4-12-24(13-5-2)22(27)19-15-18(10-11-23-19)21(26)25-16(3)14-17-8-6-7-9-20(17)25/h6-11,15-16H,4-5,12-14H2,1-3H3. The minimum Gasteiger partial charge on any atom is -0.337 e. The Balaban J connectivity index is 1.87. The summed E-state index contributed by atoms with van der Waals surface area (Å²) in [6.07, 6.45) is 4.20. The van der Waals surface area contributed by atoms with Crippen LogP contribution in [0.15, 0.2) is 42.6 Å². The average Bonchev–Trinajstić information content (AvgIpc) is 3.02. The quantitative estimate of drug-likeness (QED) is 0.779. The molecule has 0 saturated carbocycles. The van der Waals surface area contributed by atoms with E-state index >= 15 is 0 Å². The molecule has 0 spiro atoms. The molecule has 2 amide bonds. The van der Waals surface area contributed by atoms with E-state index in [-0.39, 0.29) is 17.9 Å². The Kier molecular flexibility index (Phi) is 5.89. The second-order valence-corrected chi connectivity index (χ2v) is 7.08. The zero-order valence-electron chi connectivity index (χ0n) is 16.3. The third-order valence-electron chi connectivity index (χ3n) is 4.93. The van der Waals surface area contributed by atoms with Gasteiger partial charge in [0.2, 0.25) is 0 Å². The van der Waals surface area contributed by atoms with Crippen molar-refractivity contribution in [3.63, 3.8) is 0 Å². The van der Waals surface area contributed by atoms with Crippen LogP contribution in [0.25, 0.3) is 0 Å². The van der Waals surface area contributed by atoms with Crippen LogP contribution in [0.2, 0.25) is 0 Å². The maximum atomic E-state index is 13.2. The summed E-state index contributed by atoms with van der Waals surface area (Å²) >= 11 is 0. The Bertz CT molecular complexity index is 828. The van der Waals surface area contributed by atoms with E-state index in [9.17, 15) is 9.59 Å². The summed E-state index contributed by atoms with van der Waals surface area (Å²) in [7, 11) is 0. The molecular formula is C22H27N3O2. The number of pyridine rings is 1. The fourth-order valence-corrected chi connectivity index (χ4v) is 3.71. The van der Waals surface area contributed by atoms with Gasteiger partial charge in [-0.3, -0.25) is 14.6 Å². The second-order valence-electron chi connectivity index (χ2n) is 7.08. The fraction of sp³-hybridized carbons (Fsp3) is 0.409. The van der Waals surface area contributed by atoms with Gasteiger partial charge >= 0.3 is 0 Å². The molecule has 0 aliphatic carbocycles. The summed E-state index contributed by atoms with van der Waals surface area (Å²) in [4.78, 5) is 33.9. The van der Waals surface area contributed by atoms with Crippen LogP contribution >= 0.6 is 0 Å². The highest BCUT2D eigenvalue weighted by Crippen LogP contribution is 2.33. The van der Waals surface area contributed by atoms with Crippen LogP contribution in [-0.4, -0.2) is 40.8 Å². The van der Waals surface area contributed by atoms with Crippen molar-refractivity contribution >= 4 is 17.5 Å². The smallest absolute Gasteiger partial charge is 0.272 e. The first-order chi connectivity index (χ1) is 13.1. The fourth-order valence-electron chi connectivity index (χ4n) is 3.71. The molecule has 3 rings (SSSR count). The first kappa shape index (κ1) is 19.1. The summed E-state index contributed by atoms with van der Waals surface area (Å²) in [5.41, 5.74) is 2.98. The number of benzene rings is 1. The van der Waals surface area contributed by atoms with Crippen LogP contribution in [0.3, 0.4) is 0 Å². The minimum absolute atomic E-state index is 0.0820. The van der Waals surface area contributed by atoms with Gasteiger partial charge in [0, 0.05) is 36.6 Å². The number of aromatic nitrogens is 1. The van der Waals surface area contributed by atoms with Gasteiger partial charge in [0.25, 0.3) is 11.8 Å². The highest BCUT2D eigenvalue weighted by atomic mass is 16.2. The average molecular weight is 365 g/mol. The number of hydrogen-bond acceptors (Lipinski definition) is 3. The maximum absolute atomic E-state index is 13.2. The molecule has 1 unspecified atom stereocenters. The topological polar surface area (TPSA) is 53.5 Å². The zero-order valence-corrected chi connectivity index (χ0v) is 16.3. The Morgan fingerprint density at radius 3 is 2.56 bits per heavy atom. The molecule has 1 aromatic carbocycles. The van der Waals surface area contributed by atoms with Crippen molar-refractivity contribution in [2.24, 2.45) is 0 Å². The van der Waals surface area contributed by atoms with Crippen molar-refractivity contribution in [3.8, 4) is 0 Å². The van der Waals surface area contributed by atoms with Crippen molar-refractivity contribution in [2.45, 2.75) is 46.1 Å². The molecule has 0 bridgehead atoms. The Morgan fingerprint density at radius 1 is 1.15 bits per heavy atom. The van der Waals surface area contributed by atoms with E-state index in [1.165, 1.54) is 5.56 Å². The molecule has 0 fully saturated rings. The summed E-state index contributed by atoms with van der Waals surface area (Å²) in [6, 6.07) is 11.4. The van der Waals surface area contributed by atoms with Gasteiger partial charge in [0.15, 0.2) is 0 Å². The van der Waals surface area contributed by atoms with E-state index in [1.54, 1.807) is 18.3 Å². The maximum Gasteiger partial charge on any atom is 0.272 e. The number of carbonyl (C=O) groups excluding carboxylic acids is 2. The number of amides is 2. The second kappa shape index (κ2) is 8.33. The highest BCUT2D eigenvalue weighted by molar-refractivity contribution is 6.08. The lowest BCUT2D eigenvalue weighted by atomic mass is 10.1. The van der Waals surface area contributed by atoms with Crippen molar-refractivity contribution in [1.29, 1.82) is 0 Å².